The van der Waals surface area contributed by atoms with Crippen LogP contribution < -0.4 is 4.90 Å². The Morgan fingerprint density at radius 2 is 1.80 bits per heavy atom. The van der Waals surface area contributed by atoms with Gasteiger partial charge in [0, 0.05) is 38.6 Å². The first kappa shape index (κ1) is 14.6. The van der Waals surface area contributed by atoms with E-state index in [1.807, 2.05) is 6.92 Å². The summed E-state index contributed by atoms with van der Waals surface area (Å²) < 4.78 is 38.7. The van der Waals surface area contributed by atoms with Crippen LogP contribution in [0.2, 0.25) is 0 Å². The molecular weight excluding hydrogens is 269 g/mol. The van der Waals surface area contributed by atoms with E-state index >= 15 is 0 Å². The quantitative estimate of drug-likeness (QED) is 0.773. The molecule has 2 heterocycles. The number of nitrogens with zero attached hydrogens (tertiary/aromatic N) is 4. The standard InChI is InChI=1S/C13H15F3N4/c1-3-10(2)19-6-8-20(9-7-19)12-11(13(14,15)16)17-4-5-18-12/h1,4-5,10H,6-9H2,2H3. The van der Waals surface area contributed by atoms with Crippen molar-refractivity contribution in [3.63, 3.8) is 0 Å². The van der Waals surface area contributed by atoms with Crippen LogP contribution in [0.3, 0.4) is 0 Å². The SMILES string of the molecule is C#CC(C)N1CCN(c2nccnc2C(F)(F)F)CC1. The number of rotatable bonds is 2. The van der Waals surface area contributed by atoms with E-state index in [0.717, 1.165) is 6.20 Å². The molecule has 0 amide bonds. The summed E-state index contributed by atoms with van der Waals surface area (Å²) in [5.41, 5.74) is -0.932. The number of anilines is 1. The third-order valence-electron chi connectivity index (χ3n) is 3.35. The van der Waals surface area contributed by atoms with Gasteiger partial charge in [-0.1, -0.05) is 5.92 Å². The zero-order valence-electron chi connectivity index (χ0n) is 11.1. The lowest BCUT2D eigenvalue weighted by atomic mass is 10.2. The molecule has 1 saturated heterocycles. The molecule has 1 aliphatic heterocycles. The molecule has 1 aromatic heterocycles. The van der Waals surface area contributed by atoms with Gasteiger partial charge < -0.3 is 4.90 Å². The zero-order chi connectivity index (χ0) is 14.8. The molecule has 1 aromatic rings. The first-order chi connectivity index (χ1) is 9.43. The predicted octanol–water partition coefficient (Wildman–Crippen LogP) is 1.64. The van der Waals surface area contributed by atoms with E-state index in [2.05, 4.69) is 20.8 Å². The van der Waals surface area contributed by atoms with Crippen LogP contribution in [0, 0.1) is 12.3 Å². The van der Waals surface area contributed by atoms with Gasteiger partial charge in [0.25, 0.3) is 0 Å². The predicted molar refractivity (Wildman–Crippen MR) is 69.1 cm³/mol. The molecule has 20 heavy (non-hydrogen) atoms. The molecule has 0 spiro atoms. The second-order valence-corrected chi connectivity index (χ2v) is 4.59. The first-order valence-electron chi connectivity index (χ1n) is 6.27. The molecule has 0 saturated carbocycles. The number of aromatic nitrogens is 2. The van der Waals surface area contributed by atoms with E-state index in [4.69, 9.17) is 6.42 Å². The summed E-state index contributed by atoms with van der Waals surface area (Å²) >= 11 is 0. The van der Waals surface area contributed by atoms with Crippen LogP contribution in [0.15, 0.2) is 12.4 Å². The maximum atomic E-state index is 12.9. The number of terminal acetylenes is 1. The molecule has 1 fully saturated rings. The van der Waals surface area contributed by atoms with Gasteiger partial charge in [-0.15, -0.1) is 6.42 Å². The highest BCUT2D eigenvalue weighted by molar-refractivity contribution is 5.45. The van der Waals surface area contributed by atoms with E-state index in [0.29, 0.717) is 26.2 Å². The molecule has 0 aromatic carbocycles. The molecule has 1 unspecified atom stereocenters. The van der Waals surface area contributed by atoms with Crippen LogP contribution >= 0.6 is 0 Å². The maximum Gasteiger partial charge on any atom is 0.437 e. The topological polar surface area (TPSA) is 32.3 Å². The minimum absolute atomic E-state index is 0.0129. The van der Waals surface area contributed by atoms with Gasteiger partial charge in [0.1, 0.15) is 0 Å². The van der Waals surface area contributed by atoms with Crippen molar-refractivity contribution in [2.24, 2.45) is 0 Å². The Labute approximate surface area is 115 Å². The average molecular weight is 284 g/mol. The van der Waals surface area contributed by atoms with Gasteiger partial charge in [-0.2, -0.15) is 13.2 Å². The largest absolute Gasteiger partial charge is 0.437 e. The van der Waals surface area contributed by atoms with E-state index in [1.54, 1.807) is 4.90 Å². The van der Waals surface area contributed by atoms with Crippen molar-refractivity contribution in [1.29, 1.82) is 0 Å². The molecule has 1 aliphatic rings. The van der Waals surface area contributed by atoms with Crippen LogP contribution in [-0.4, -0.2) is 47.1 Å². The summed E-state index contributed by atoms with van der Waals surface area (Å²) in [6, 6.07) is -0.0129. The monoisotopic (exact) mass is 284 g/mol. The highest BCUT2D eigenvalue weighted by Crippen LogP contribution is 2.33. The Balaban J connectivity index is 2.14. The summed E-state index contributed by atoms with van der Waals surface area (Å²) in [7, 11) is 0. The van der Waals surface area contributed by atoms with E-state index < -0.39 is 11.9 Å². The Morgan fingerprint density at radius 1 is 1.20 bits per heavy atom. The Kier molecular flexibility index (Phi) is 4.14. The number of halogens is 3. The average Bonchev–Trinajstić information content (AvgIpc) is 2.46. The van der Waals surface area contributed by atoms with Gasteiger partial charge in [-0.3, -0.25) is 4.90 Å². The molecular formula is C13H15F3N4. The van der Waals surface area contributed by atoms with Gasteiger partial charge in [0.2, 0.25) is 0 Å². The fraction of sp³-hybridized carbons (Fsp3) is 0.538. The summed E-state index contributed by atoms with van der Waals surface area (Å²) in [5.74, 6) is 2.52. The van der Waals surface area contributed by atoms with Crippen LogP contribution in [0.5, 0.6) is 0 Å². The summed E-state index contributed by atoms with van der Waals surface area (Å²) in [5, 5.41) is 0. The Hall–Kier alpha value is -1.81. The van der Waals surface area contributed by atoms with Crippen LogP contribution in [0.1, 0.15) is 12.6 Å². The summed E-state index contributed by atoms with van der Waals surface area (Å²) in [6.45, 7) is 4.03. The molecule has 7 heteroatoms. The van der Waals surface area contributed by atoms with Crippen LogP contribution in [-0.2, 0) is 6.18 Å². The van der Waals surface area contributed by atoms with E-state index in [1.165, 1.54) is 6.20 Å². The minimum Gasteiger partial charge on any atom is -0.352 e. The lowest BCUT2D eigenvalue weighted by Gasteiger charge is -2.37. The van der Waals surface area contributed by atoms with Crippen molar-refractivity contribution in [1.82, 2.24) is 14.9 Å². The zero-order valence-corrected chi connectivity index (χ0v) is 11.1. The maximum absolute atomic E-state index is 12.9. The Morgan fingerprint density at radius 3 is 2.35 bits per heavy atom. The molecule has 1 atom stereocenters. The van der Waals surface area contributed by atoms with E-state index in [9.17, 15) is 13.2 Å². The molecule has 0 aliphatic carbocycles. The second kappa shape index (κ2) is 5.67. The van der Waals surface area contributed by atoms with Crippen molar-refractivity contribution in [2.45, 2.75) is 19.1 Å². The third-order valence-corrected chi connectivity index (χ3v) is 3.35. The summed E-state index contributed by atoms with van der Waals surface area (Å²) in [6.07, 6.45) is 3.20. The van der Waals surface area contributed by atoms with Crippen molar-refractivity contribution in [3.8, 4) is 12.3 Å². The smallest absolute Gasteiger partial charge is 0.352 e. The molecule has 2 rings (SSSR count). The van der Waals surface area contributed by atoms with Gasteiger partial charge >= 0.3 is 6.18 Å². The summed E-state index contributed by atoms with van der Waals surface area (Å²) in [4.78, 5) is 10.9. The molecule has 0 radical (unpaired) electrons. The van der Waals surface area contributed by atoms with E-state index in [-0.39, 0.29) is 11.9 Å². The molecule has 0 N–H and O–H groups in total. The minimum atomic E-state index is -4.49. The van der Waals surface area contributed by atoms with Crippen molar-refractivity contribution >= 4 is 5.82 Å². The number of hydrogen-bond donors (Lipinski definition) is 0. The lowest BCUT2D eigenvalue weighted by molar-refractivity contribution is -0.140. The molecule has 0 bridgehead atoms. The number of piperazine rings is 1. The van der Waals surface area contributed by atoms with Crippen molar-refractivity contribution in [3.05, 3.63) is 18.1 Å². The van der Waals surface area contributed by atoms with Gasteiger partial charge in [-0.05, 0) is 6.92 Å². The highest BCUT2D eigenvalue weighted by atomic mass is 19.4. The van der Waals surface area contributed by atoms with Gasteiger partial charge in [0.15, 0.2) is 11.5 Å². The van der Waals surface area contributed by atoms with Gasteiger partial charge in [0.05, 0.1) is 6.04 Å². The second-order valence-electron chi connectivity index (χ2n) is 4.59. The van der Waals surface area contributed by atoms with Crippen LogP contribution in [0.4, 0.5) is 19.0 Å². The Bertz CT molecular complexity index is 501. The van der Waals surface area contributed by atoms with Crippen molar-refractivity contribution in [2.75, 3.05) is 31.1 Å². The first-order valence-corrected chi connectivity index (χ1v) is 6.27. The fourth-order valence-electron chi connectivity index (χ4n) is 2.19. The fourth-order valence-corrected chi connectivity index (χ4v) is 2.19. The van der Waals surface area contributed by atoms with Gasteiger partial charge in [-0.25, -0.2) is 9.97 Å². The lowest BCUT2D eigenvalue weighted by Crippen LogP contribution is -2.50. The molecule has 108 valence electrons. The normalized spacial score (nSPS) is 18.6. The molecule has 4 nitrogen and oxygen atoms in total. The van der Waals surface area contributed by atoms with Crippen LogP contribution in [0.25, 0.3) is 0 Å². The third kappa shape index (κ3) is 3.02. The number of alkyl halides is 3. The highest BCUT2D eigenvalue weighted by Gasteiger charge is 2.38. The number of hydrogen-bond acceptors (Lipinski definition) is 4. The van der Waals surface area contributed by atoms with Crippen molar-refractivity contribution < 1.29 is 13.2 Å².